The maximum atomic E-state index is 13.6. The average Bonchev–Trinajstić information content (AvgIpc) is 3.14. The molecule has 3 rings (SSSR count). The van der Waals surface area contributed by atoms with Crippen LogP contribution in [0.2, 0.25) is 0 Å². The van der Waals surface area contributed by atoms with Crippen LogP contribution >= 0.6 is 0 Å². The maximum absolute atomic E-state index is 13.6. The van der Waals surface area contributed by atoms with Gasteiger partial charge in [-0.3, -0.25) is 9.78 Å². The Hall–Kier alpha value is -3.54. The minimum Gasteiger partial charge on any atom is -0.460 e. The van der Waals surface area contributed by atoms with E-state index in [2.05, 4.69) is 20.4 Å². The third kappa shape index (κ3) is 6.50. The monoisotopic (exact) mass is 480 g/mol. The number of ether oxygens (including phenoxy) is 1. The Bertz CT molecular complexity index is 1170. The number of nitrogens with zero attached hydrogens (tertiary/aromatic N) is 4. The Kier molecular flexibility index (Phi) is 7.20. The smallest absolute Gasteiger partial charge is 0.419 e. The quantitative estimate of drug-likeness (QED) is 0.380. The summed E-state index contributed by atoms with van der Waals surface area (Å²) in [5, 5.41) is 6.94. The zero-order valence-electron chi connectivity index (χ0n) is 18.8. The number of anilines is 2. The molecule has 8 nitrogen and oxygen atoms in total. The highest BCUT2D eigenvalue weighted by Crippen LogP contribution is 2.33. The first-order chi connectivity index (χ1) is 15.9. The molecule has 182 valence electrons. The van der Waals surface area contributed by atoms with Crippen LogP contribution in [-0.2, 0) is 28.8 Å². The van der Waals surface area contributed by atoms with Gasteiger partial charge in [0.05, 0.1) is 24.2 Å². The maximum Gasteiger partial charge on any atom is 0.419 e. The molecule has 12 heteroatoms. The van der Waals surface area contributed by atoms with Gasteiger partial charge >= 0.3 is 12.1 Å². The molecule has 0 saturated heterocycles. The molecule has 0 spiro atoms. The van der Waals surface area contributed by atoms with Crippen molar-refractivity contribution in [1.29, 1.82) is 0 Å². The van der Waals surface area contributed by atoms with Crippen molar-refractivity contribution >= 4 is 17.6 Å². The van der Waals surface area contributed by atoms with Crippen molar-refractivity contribution in [3.8, 4) is 11.4 Å². The zero-order chi connectivity index (χ0) is 25.1. The van der Waals surface area contributed by atoms with Gasteiger partial charge in [0.1, 0.15) is 11.4 Å². The van der Waals surface area contributed by atoms with Crippen molar-refractivity contribution in [2.75, 3.05) is 5.32 Å². The van der Waals surface area contributed by atoms with E-state index in [-0.39, 0.29) is 31.1 Å². The molecule has 0 aliphatic carbocycles. The topological polar surface area (TPSA) is 108 Å². The summed E-state index contributed by atoms with van der Waals surface area (Å²) in [5.74, 6) is -1.54. The molecule has 0 amide bonds. The first-order valence-corrected chi connectivity index (χ1v) is 10.3. The van der Waals surface area contributed by atoms with Crippen molar-refractivity contribution in [3.05, 3.63) is 53.6 Å². The largest absolute Gasteiger partial charge is 0.460 e. The van der Waals surface area contributed by atoms with Crippen LogP contribution in [-0.4, -0.2) is 31.3 Å². The number of halogens is 4. The fraction of sp³-hybridized carbons (Fsp3) is 0.364. The Morgan fingerprint density at radius 1 is 1.18 bits per heavy atom. The molecule has 0 aliphatic heterocycles. The minimum absolute atomic E-state index is 0.0172. The lowest BCUT2D eigenvalue weighted by atomic mass is 10.2. The van der Waals surface area contributed by atoms with Gasteiger partial charge in [0.2, 0.25) is 5.95 Å². The van der Waals surface area contributed by atoms with E-state index in [4.69, 9.17) is 10.5 Å². The summed E-state index contributed by atoms with van der Waals surface area (Å²) in [4.78, 5) is 20.7. The van der Waals surface area contributed by atoms with Crippen molar-refractivity contribution in [2.45, 2.75) is 52.1 Å². The van der Waals surface area contributed by atoms with Crippen molar-refractivity contribution in [2.24, 2.45) is 5.73 Å². The second-order valence-corrected chi connectivity index (χ2v) is 8.38. The lowest BCUT2D eigenvalue weighted by molar-refractivity contribution is -0.155. The number of hydrogen-bond donors (Lipinski definition) is 2. The fourth-order valence-electron chi connectivity index (χ4n) is 3.03. The van der Waals surface area contributed by atoms with E-state index in [9.17, 15) is 22.4 Å². The molecular weight excluding hydrogens is 456 g/mol. The molecule has 34 heavy (non-hydrogen) atoms. The summed E-state index contributed by atoms with van der Waals surface area (Å²) in [6, 6.07) is 5.84. The second-order valence-electron chi connectivity index (χ2n) is 8.38. The number of benzene rings is 1. The molecular formula is C22H24F4N6O2. The van der Waals surface area contributed by atoms with Crippen LogP contribution in [0.1, 0.15) is 38.4 Å². The van der Waals surface area contributed by atoms with Gasteiger partial charge in [0.25, 0.3) is 0 Å². The van der Waals surface area contributed by atoms with Gasteiger partial charge in [-0.1, -0.05) is 0 Å². The SMILES string of the molecule is CC(C)(C)OC(=O)CCn1nc(Nc2ccc(F)c(C(F)(F)F)c2)nc1-c1ccnc(CN)c1. The Balaban J connectivity index is 1.92. The van der Waals surface area contributed by atoms with Gasteiger partial charge in [-0.25, -0.2) is 9.07 Å². The van der Waals surface area contributed by atoms with E-state index in [0.717, 1.165) is 6.07 Å². The van der Waals surface area contributed by atoms with Crippen LogP contribution in [0.5, 0.6) is 0 Å². The number of nitrogens with two attached hydrogens (primary N) is 1. The summed E-state index contributed by atoms with van der Waals surface area (Å²) >= 11 is 0. The predicted molar refractivity (Wildman–Crippen MR) is 116 cm³/mol. The molecule has 0 atom stereocenters. The fourth-order valence-corrected chi connectivity index (χ4v) is 3.03. The molecule has 3 N–H and O–H groups in total. The normalized spacial score (nSPS) is 12.0. The number of rotatable bonds is 7. The second kappa shape index (κ2) is 9.75. The highest BCUT2D eigenvalue weighted by Gasteiger charge is 2.34. The van der Waals surface area contributed by atoms with Crippen molar-refractivity contribution in [3.63, 3.8) is 0 Å². The predicted octanol–water partition coefficient (Wildman–Crippen LogP) is 4.43. The van der Waals surface area contributed by atoms with Crippen LogP contribution in [0.4, 0.5) is 29.2 Å². The van der Waals surface area contributed by atoms with Crippen LogP contribution < -0.4 is 11.1 Å². The van der Waals surface area contributed by atoms with E-state index < -0.39 is 29.1 Å². The molecule has 1 aromatic carbocycles. The summed E-state index contributed by atoms with van der Waals surface area (Å²) in [7, 11) is 0. The number of hydrogen-bond acceptors (Lipinski definition) is 7. The number of alkyl halides is 3. The Labute approximate surface area is 193 Å². The van der Waals surface area contributed by atoms with Gasteiger partial charge in [-0.2, -0.15) is 18.2 Å². The molecule has 2 aromatic heterocycles. The number of carbonyl (C=O) groups is 1. The van der Waals surface area contributed by atoms with Crippen LogP contribution in [0.25, 0.3) is 11.4 Å². The number of pyridine rings is 1. The van der Waals surface area contributed by atoms with E-state index in [0.29, 0.717) is 29.2 Å². The van der Waals surface area contributed by atoms with Crippen molar-refractivity contribution < 1.29 is 27.1 Å². The van der Waals surface area contributed by atoms with Gasteiger partial charge in [-0.15, -0.1) is 5.10 Å². The highest BCUT2D eigenvalue weighted by molar-refractivity contribution is 5.70. The van der Waals surface area contributed by atoms with E-state index >= 15 is 0 Å². The number of esters is 1. The lowest BCUT2D eigenvalue weighted by Gasteiger charge is -2.19. The molecule has 0 unspecified atom stereocenters. The van der Waals surface area contributed by atoms with Gasteiger partial charge in [0.15, 0.2) is 5.82 Å². The summed E-state index contributed by atoms with van der Waals surface area (Å²) in [6.07, 6.45) is -3.34. The molecule has 0 aliphatic rings. The number of carbonyl (C=O) groups excluding carboxylic acids is 1. The van der Waals surface area contributed by atoms with E-state index in [1.807, 2.05) is 0 Å². The molecule has 0 bridgehead atoms. The molecule has 0 saturated carbocycles. The summed E-state index contributed by atoms with van der Waals surface area (Å²) in [6.45, 7) is 5.52. The first kappa shape index (κ1) is 25.1. The van der Waals surface area contributed by atoms with E-state index in [1.54, 1.807) is 32.9 Å². The molecule has 3 aromatic rings. The van der Waals surface area contributed by atoms with Gasteiger partial charge in [0, 0.05) is 24.0 Å². The number of nitrogens with one attached hydrogen (secondary N) is 1. The van der Waals surface area contributed by atoms with Crippen molar-refractivity contribution in [1.82, 2.24) is 19.7 Å². The van der Waals surface area contributed by atoms with Crippen LogP contribution in [0.3, 0.4) is 0 Å². The molecule has 2 heterocycles. The first-order valence-electron chi connectivity index (χ1n) is 10.3. The Morgan fingerprint density at radius 2 is 1.91 bits per heavy atom. The molecule has 0 fully saturated rings. The molecule has 0 radical (unpaired) electrons. The third-order valence-electron chi connectivity index (χ3n) is 4.43. The average molecular weight is 480 g/mol. The summed E-state index contributed by atoms with van der Waals surface area (Å²) < 4.78 is 59.5. The standard InChI is InChI=1S/C22H24F4N6O2/c1-21(2,3)34-18(33)7-9-32-19(13-6-8-28-15(10-13)12-27)30-20(31-32)29-14-4-5-17(23)16(11-14)22(24,25)26/h4-6,8,10-11H,7,9,12,27H2,1-3H3,(H,29,31). The van der Waals surface area contributed by atoms with Gasteiger partial charge in [-0.05, 0) is 51.1 Å². The summed E-state index contributed by atoms with van der Waals surface area (Å²) in [5.41, 5.74) is 4.71. The van der Waals surface area contributed by atoms with Crippen LogP contribution in [0, 0.1) is 5.82 Å². The number of aromatic nitrogens is 4. The highest BCUT2D eigenvalue weighted by atomic mass is 19.4. The van der Waals surface area contributed by atoms with Crippen LogP contribution in [0.15, 0.2) is 36.5 Å². The lowest BCUT2D eigenvalue weighted by Crippen LogP contribution is -2.24. The Morgan fingerprint density at radius 3 is 2.56 bits per heavy atom. The van der Waals surface area contributed by atoms with Gasteiger partial charge < -0.3 is 15.8 Å². The minimum atomic E-state index is -4.86. The zero-order valence-corrected chi connectivity index (χ0v) is 18.8. The van der Waals surface area contributed by atoms with E-state index in [1.165, 1.54) is 10.9 Å². The third-order valence-corrected chi connectivity index (χ3v) is 4.43. The number of aryl methyl sites for hydroxylation is 1.